The van der Waals surface area contributed by atoms with Gasteiger partial charge in [0.25, 0.3) is 5.24 Å². The molecule has 2 aliphatic heterocycles. The van der Waals surface area contributed by atoms with Gasteiger partial charge in [0.15, 0.2) is 0 Å². The second-order valence-electron chi connectivity index (χ2n) is 3.71. The summed E-state index contributed by atoms with van der Waals surface area (Å²) in [5, 5.41) is 0.139. The van der Waals surface area contributed by atoms with Gasteiger partial charge in [-0.15, -0.1) is 0 Å². The van der Waals surface area contributed by atoms with Gasteiger partial charge in [-0.25, -0.2) is 0 Å². The Kier molecular flexibility index (Phi) is 2.32. The van der Waals surface area contributed by atoms with E-state index in [4.69, 9.17) is 0 Å². The van der Waals surface area contributed by atoms with Gasteiger partial charge in [-0.05, 0) is 19.1 Å². The highest BCUT2D eigenvalue weighted by atomic mass is 32.2. The molecule has 0 aliphatic carbocycles. The van der Waals surface area contributed by atoms with Crippen LogP contribution >= 0.6 is 11.8 Å². The van der Waals surface area contributed by atoms with Crippen molar-refractivity contribution in [2.24, 2.45) is 0 Å². The topological polar surface area (TPSA) is 37.4 Å². The first-order chi connectivity index (χ1) is 6.22. The van der Waals surface area contributed by atoms with Crippen molar-refractivity contribution in [2.75, 3.05) is 6.26 Å². The molecule has 2 fully saturated rings. The molecule has 0 saturated carbocycles. The van der Waals surface area contributed by atoms with Crippen LogP contribution < -0.4 is 0 Å². The number of rotatable bonds is 0. The molecular weight excluding hydrogens is 186 g/mol. The number of amides is 1. The highest BCUT2D eigenvalue weighted by Gasteiger charge is 2.42. The van der Waals surface area contributed by atoms with E-state index in [2.05, 4.69) is 0 Å². The van der Waals surface area contributed by atoms with Crippen LogP contribution in [0.15, 0.2) is 0 Å². The number of fused-ring (bicyclic) bond motifs is 2. The van der Waals surface area contributed by atoms with Crippen molar-refractivity contribution in [2.45, 2.75) is 37.8 Å². The van der Waals surface area contributed by atoms with Gasteiger partial charge in [-0.3, -0.25) is 9.59 Å². The highest BCUT2D eigenvalue weighted by Crippen LogP contribution is 2.35. The average Bonchev–Trinajstić information content (AvgIpc) is 2.37. The first-order valence-electron chi connectivity index (χ1n) is 4.60. The highest BCUT2D eigenvalue weighted by molar-refractivity contribution is 8.12. The molecular formula is C9H13NO2S. The van der Waals surface area contributed by atoms with Crippen molar-refractivity contribution in [3.8, 4) is 0 Å². The van der Waals surface area contributed by atoms with Gasteiger partial charge in [0, 0.05) is 24.9 Å². The van der Waals surface area contributed by atoms with Crippen molar-refractivity contribution in [1.82, 2.24) is 4.90 Å². The van der Waals surface area contributed by atoms with Gasteiger partial charge in [0.2, 0.25) is 0 Å². The zero-order valence-corrected chi connectivity index (χ0v) is 8.47. The Hall–Kier alpha value is -0.510. The van der Waals surface area contributed by atoms with E-state index in [0.29, 0.717) is 18.6 Å². The van der Waals surface area contributed by atoms with E-state index in [0.717, 1.165) is 12.8 Å². The minimum atomic E-state index is 0.139. The molecule has 2 rings (SSSR count). The fourth-order valence-electron chi connectivity index (χ4n) is 2.37. The standard InChI is InChI=1S/C9H13NO2S/c1-13-9(12)10-6-2-3-7(10)5-8(11)4-6/h6-7H,2-5H2,1H3. The summed E-state index contributed by atoms with van der Waals surface area (Å²) in [7, 11) is 0. The van der Waals surface area contributed by atoms with Gasteiger partial charge in [-0.1, -0.05) is 11.8 Å². The van der Waals surface area contributed by atoms with Crippen LogP contribution in [0.5, 0.6) is 0 Å². The SMILES string of the molecule is CSC(=O)N1C2CCC1CC(=O)C2. The third-order valence-electron chi connectivity index (χ3n) is 2.93. The molecule has 13 heavy (non-hydrogen) atoms. The van der Waals surface area contributed by atoms with E-state index in [1.807, 2.05) is 4.90 Å². The van der Waals surface area contributed by atoms with Crippen molar-refractivity contribution in [3.63, 3.8) is 0 Å². The van der Waals surface area contributed by atoms with E-state index in [1.54, 1.807) is 6.26 Å². The number of Topliss-reactive ketones (excluding diaryl/α,β-unsaturated/α-hetero) is 1. The first kappa shape index (κ1) is 9.06. The van der Waals surface area contributed by atoms with E-state index in [1.165, 1.54) is 11.8 Å². The Morgan fingerprint density at radius 2 is 1.92 bits per heavy atom. The van der Waals surface area contributed by atoms with Gasteiger partial charge in [-0.2, -0.15) is 0 Å². The Morgan fingerprint density at radius 3 is 2.38 bits per heavy atom. The maximum atomic E-state index is 11.5. The molecule has 0 radical (unpaired) electrons. The predicted molar refractivity (Wildman–Crippen MR) is 51.8 cm³/mol. The van der Waals surface area contributed by atoms with Crippen LogP contribution in [-0.4, -0.2) is 34.3 Å². The molecule has 2 bridgehead atoms. The lowest BCUT2D eigenvalue weighted by Crippen LogP contribution is -2.45. The monoisotopic (exact) mass is 199 g/mol. The van der Waals surface area contributed by atoms with Crippen LogP contribution in [0.2, 0.25) is 0 Å². The number of carbonyl (C=O) groups is 2. The number of carbonyl (C=O) groups excluding carboxylic acids is 2. The van der Waals surface area contributed by atoms with Gasteiger partial charge >= 0.3 is 0 Å². The molecule has 0 aromatic heterocycles. The minimum absolute atomic E-state index is 0.139. The smallest absolute Gasteiger partial charge is 0.281 e. The number of nitrogens with zero attached hydrogens (tertiary/aromatic N) is 1. The summed E-state index contributed by atoms with van der Waals surface area (Å²) in [5.74, 6) is 0.331. The summed E-state index contributed by atoms with van der Waals surface area (Å²) in [6.07, 6.45) is 5.01. The maximum Gasteiger partial charge on any atom is 0.281 e. The Morgan fingerprint density at radius 1 is 1.38 bits per heavy atom. The number of hydrogen-bond acceptors (Lipinski definition) is 3. The normalized spacial score (nSPS) is 32.4. The molecule has 0 aromatic carbocycles. The van der Waals surface area contributed by atoms with E-state index >= 15 is 0 Å². The number of thioether (sulfide) groups is 1. The van der Waals surface area contributed by atoms with E-state index in [-0.39, 0.29) is 17.3 Å². The molecule has 0 N–H and O–H groups in total. The Balaban J connectivity index is 2.14. The second kappa shape index (κ2) is 3.33. The van der Waals surface area contributed by atoms with Crippen LogP contribution in [0.1, 0.15) is 25.7 Å². The van der Waals surface area contributed by atoms with Crippen molar-refractivity contribution < 1.29 is 9.59 Å². The third kappa shape index (κ3) is 1.47. The molecule has 3 nitrogen and oxygen atoms in total. The van der Waals surface area contributed by atoms with Gasteiger partial charge in [0.1, 0.15) is 5.78 Å². The molecule has 1 amide bonds. The summed E-state index contributed by atoms with van der Waals surface area (Å²) < 4.78 is 0. The lowest BCUT2D eigenvalue weighted by molar-refractivity contribution is -0.122. The zero-order valence-electron chi connectivity index (χ0n) is 7.66. The fraction of sp³-hybridized carbons (Fsp3) is 0.778. The quantitative estimate of drug-likeness (QED) is 0.595. The molecule has 0 aromatic rings. The van der Waals surface area contributed by atoms with Crippen LogP contribution in [0.3, 0.4) is 0 Å². The Bertz CT molecular complexity index is 238. The largest absolute Gasteiger partial charge is 0.327 e. The third-order valence-corrected chi connectivity index (χ3v) is 3.49. The molecule has 2 unspecified atom stereocenters. The number of hydrogen-bond donors (Lipinski definition) is 0. The lowest BCUT2D eigenvalue weighted by Gasteiger charge is -2.33. The van der Waals surface area contributed by atoms with Crippen LogP contribution in [0.4, 0.5) is 4.79 Å². The summed E-state index contributed by atoms with van der Waals surface area (Å²) >= 11 is 1.26. The molecule has 72 valence electrons. The van der Waals surface area contributed by atoms with Crippen LogP contribution in [-0.2, 0) is 4.79 Å². The first-order valence-corrected chi connectivity index (χ1v) is 5.83. The van der Waals surface area contributed by atoms with E-state index < -0.39 is 0 Å². The minimum Gasteiger partial charge on any atom is -0.327 e. The Labute approximate surface area is 81.9 Å². The molecule has 2 heterocycles. The van der Waals surface area contributed by atoms with E-state index in [9.17, 15) is 9.59 Å². The summed E-state index contributed by atoms with van der Waals surface area (Å²) in [5.41, 5.74) is 0. The molecule has 0 spiro atoms. The molecule has 4 heteroatoms. The van der Waals surface area contributed by atoms with Gasteiger partial charge in [0.05, 0.1) is 0 Å². The average molecular weight is 199 g/mol. The fourth-order valence-corrected chi connectivity index (χ4v) is 2.88. The predicted octanol–water partition coefficient (Wildman–Crippen LogP) is 1.67. The number of piperidine rings is 1. The molecule has 2 aliphatic rings. The summed E-state index contributed by atoms with van der Waals surface area (Å²) in [6, 6.07) is 0.428. The van der Waals surface area contributed by atoms with Crippen molar-refractivity contribution in [3.05, 3.63) is 0 Å². The van der Waals surface area contributed by atoms with Crippen LogP contribution in [0.25, 0.3) is 0 Å². The summed E-state index contributed by atoms with van der Waals surface area (Å²) in [4.78, 5) is 24.7. The second-order valence-corrected chi connectivity index (χ2v) is 4.47. The van der Waals surface area contributed by atoms with Crippen molar-refractivity contribution in [1.29, 1.82) is 0 Å². The molecule has 2 atom stereocenters. The zero-order chi connectivity index (χ0) is 9.42. The summed E-state index contributed by atoms with van der Waals surface area (Å²) in [6.45, 7) is 0. The van der Waals surface area contributed by atoms with Crippen LogP contribution in [0, 0.1) is 0 Å². The van der Waals surface area contributed by atoms with Crippen molar-refractivity contribution >= 4 is 22.8 Å². The number of ketones is 1. The molecule has 2 saturated heterocycles. The maximum absolute atomic E-state index is 11.5. The lowest BCUT2D eigenvalue weighted by atomic mass is 10.0. The van der Waals surface area contributed by atoms with Gasteiger partial charge < -0.3 is 4.90 Å².